The van der Waals surface area contributed by atoms with Crippen molar-refractivity contribution in [3.05, 3.63) is 34.9 Å². The average molecular weight is 232 g/mol. The molecule has 1 aromatic carbocycles. The van der Waals surface area contributed by atoms with Crippen LogP contribution in [0.15, 0.2) is 18.2 Å². The van der Waals surface area contributed by atoms with E-state index in [2.05, 4.69) is 37.4 Å². The molecule has 0 aliphatic carbocycles. The van der Waals surface area contributed by atoms with Gasteiger partial charge in [-0.1, -0.05) is 23.8 Å². The van der Waals surface area contributed by atoms with Crippen LogP contribution in [-0.2, 0) is 11.2 Å². The summed E-state index contributed by atoms with van der Waals surface area (Å²) >= 11 is 0. The van der Waals surface area contributed by atoms with Crippen molar-refractivity contribution in [2.45, 2.75) is 26.3 Å². The molecule has 1 saturated heterocycles. The van der Waals surface area contributed by atoms with Gasteiger partial charge in [-0.05, 0) is 31.4 Å². The first kappa shape index (κ1) is 12.1. The fraction of sp³-hybridized carbons (Fsp3) is 0.500. The predicted molar refractivity (Wildman–Crippen MR) is 69.0 cm³/mol. The van der Waals surface area contributed by atoms with Crippen molar-refractivity contribution in [1.29, 1.82) is 0 Å². The molecule has 1 aliphatic heterocycles. The van der Waals surface area contributed by atoms with Gasteiger partial charge in [0.1, 0.15) is 0 Å². The van der Waals surface area contributed by atoms with Gasteiger partial charge in [-0.15, -0.1) is 0 Å². The maximum atomic E-state index is 11.6. The van der Waals surface area contributed by atoms with E-state index in [4.69, 9.17) is 0 Å². The van der Waals surface area contributed by atoms with Gasteiger partial charge >= 0.3 is 0 Å². The molecule has 1 aromatic rings. The van der Waals surface area contributed by atoms with Crippen LogP contribution in [0.2, 0.25) is 0 Å². The van der Waals surface area contributed by atoms with Crippen molar-refractivity contribution in [2.24, 2.45) is 0 Å². The molecule has 0 radical (unpaired) electrons. The Morgan fingerprint density at radius 3 is 2.88 bits per heavy atom. The number of rotatable bonds is 2. The van der Waals surface area contributed by atoms with Crippen LogP contribution in [0.4, 0.5) is 0 Å². The van der Waals surface area contributed by atoms with E-state index in [-0.39, 0.29) is 11.9 Å². The largest absolute Gasteiger partial charge is 0.340 e. The van der Waals surface area contributed by atoms with Crippen molar-refractivity contribution < 1.29 is 4.79 Å². The van der Waals surface area contributed by atoms with Crippen LogP contribution in [0.1, 0.15) is 16.7 Å². The van der Waals surface area contributed by atoms with E-state index in [9.17, 15) is 4.79 Å². The molecule has 1 aliphatic rings. The Labute approximate surface area is 103 Å². The molecule has 1 amide bonds. The minimum absolute atomic E-state index is 0.186. The molecule has 3 heteroatoms. The summed E-state index contributed by atoms with van der Waals surface area (Å²) in [6.45, 7) is 5.60. The average Bonchev–Trinajstić information content (AvgIpc) is 2.28. The van der Waals surface area contributed by atoms with E-state index < -0.39 is 0 Å². The van der Waals surface area contributed by atoms with Gasteiger partial charge in [0.05, 0.1) is 6.54 Å². The van der Waals surface area contributed by atoms with Crippen molar-refractivity contribution in [2.75, 3.05) is 20.1 Å². The highest BCUT2D eigenvalue weighted by Gasteiger charge is 2.24. The number of carbonyl (C=O) groups excluding carboxylic acids is 1. The van der Waals surface area contributed by atoms with Crippen molar-refractivity contribution >= 4 is 5.91 Å². The third-order valence-corrected chi connectivity index (χ3v) is 3.55. The lowest BCUT2D eigenvalue weighted by molar-refractivity contribution is -0.133. The third kappa shape index (κ3) is 2.67. The van der Waals surface area contributed by atoms with Crippen LogP contribution in [0.25, 0.3) is 0 Å². The first-order valence-electron chi connectivity index (χ1n) is 6.10. The molecule has 2 rings (SSSR count). The second-order valence-corrected chi connectivity index (χ2v) is 4.92. The Balaban J connectivity index is 2.12. The van der Waals surface area contributed by atoms with Gasteiger partial charge < -0.3 is 10.2 Å². The van der Waals surface area contributed by atoms with Crippen LogP contribution in [0, 0.1) is 13.8 Å². The van der Waals surface area contributed by atoms with Crippen molar-refractivity contribution in [3.8, 4) is 0 Å². The van der Waals surface area contributed by atoms with Gasteiger partial charge in [0, 0.05) is 19.6 Å². The molecule has 3 nitrogen and oxygen atoms in total. The van der Waals surface area contributed by atoms with E-state index in [0.717, 1.165) is 13.0 Å². The maximum absolute atomic E-state index is 11.6. The second kappa shape index (κ2) is 4.88. The summed E-state index contributed by atoms with van der Waals surface area (Å²) in [7, 11) is 1.90. The number of benzene rings is 1. The lowest BCUT2D eigenvalue weighted by Crippen LogP contribution is -2.53. The lowest BCUT2D eigenvalue weighted by Gasteiger charge is -2.33. The van der Waals surface area contributed by atoms with E-state index in [0.29, 0.717) is 6.54 Å². The predicted octanol–water partition coefficient (Wildman–Crippen LogP) is 1.28. The van der Waals surface area contributed by atoms with Crippen LogP contribution in [0.3, 0.4) is 0 Å². The van der Waals surface area contributed by atoms with Gasteiger partial charge in [-0.2, -0.15) is 0 Å². The highest BCUT2D eigenvalue weighted by molar-refractivity contribution is 5.79. The molecule has 1 atom stereocenters. The minimum atomic E-state index is 0.186. The second-order valence-electron chi connectivity index (χ2n) is 4.92. The molecule has 1 N–H and O–H groups in total. The topological polar surface area (TPSA) is 32.3 Å². The molecule has 1 heterocycles. The van der Waals surface area contributed by atoms with Crippen LogP contribution in [-0.4, -0.2) is 37.0 Å². The molecule has 17 heavy (non-hydrogen) atoms. The summed E-state index contributed by atoms with van der Waals surface area (Å²) in [5, 5.41) is 3.17. The number of amides is 1. The number of hydrogen-bond donors (Lipinski definition) is 1. The molecule has 0 saturated carbocycles. The number of piperazine rings is 1. The number of hydrogen-bond acceptors (Lipinski definition) is 2. The summed E-state index contributed by atoms with van der Waals surface area (Å²) in [5.74, 6) is 0.186. The first-order valence-corrected chi connectivity index (χ1v) is 6.10. The smallest absolute Gasteiger partial charge is 0.236 e. The van der Waals surface area contributed by atoms with E-state index >= 15 is 0 Å². The summed E-state index contributed by atoms with van der Waals surface area (Å²) in [6.07, 6.45) is 0.932. The van der Waals surface area contributed by atoms with E-state index in [1.807, 2.05) is 11.9 Å². The fourth-order valence-electron chi connectivity index (χ4n) is 2.35. The Hall–Kier alpha value is -1.35. The SMILES string of the molecule is Cc1ccc(CC2CNCC(=O)N2C)c(C)c1. The maximum Gasteiger partial charge on any atom is 0.236 e. The number of likely N-dealkylation sites (N-methyl/N-ethyl adjacent to an activating group) is 1. The summed E-state index contributed by atoms with van der Waals surface area (Å²) < 4.78 is 0. The van der Waals surface area contributed by atoms with Gasteiger partial charge in [-0.3, -0.25) is 4.79 Å². The minimum Gasteiger partial charge on any atom is -0.340 e. The monoisotopic (exact) mass is 232 g/mol. The Morgan fingerprint density at radius 1 is 1.41 bits per heavy atom. The molecule has 1 unspecified atom stereocenters. The summed E-state index contributed by atoms with van der Waals surface area (Å²) in [5.41, 5.74) is 3.94. The molecular weight excluding hydrogens is 212 g/mol. The molecule has 1 fully saturated rings. The lowest BCUT2D eigenvalue weighted by atomic mass is 9.98. The highest BCUT2D eigenvalue weighted by Crippen LogP contribution is 2.15. The van der Waals surface area contributed by atoms with E-state index in [1.54, 1.807) is 0 Å². The Bertz CT molecular complexity index is 428. The first-order chi connectivity index (χ1) is 8.08. The zero-order valence-electron chi connectivity index (χ0n) is 10.8. The highest BCUT2D eigenvalue weighted by atomic mass is 16.2. The van der Waals surface area contributed by atoms with Gasteiger partial charge in [-0.25, -0.2) is 0 Å². The third-order valence-electron chi connectivity index (χ3n) is 3.55. The summed E-state index contributed by atoms with van der Waals surface area (Å²) in [6, 6.07) is 6.79. The van der Waals surface area contributed by atoms with Crippen LogP contribution >= 0.6 is 0 Å². The molecular formula is C14H20N2O. The molecule has 0 bridgehead atoms. The fourth-order valence-corrected chi connectivity index (χ4v) is 2.35. The van der Waals surface area contributed by atoms with Gasteiger partial charge in [0.15, 0.2) is 0 Å². The molecule has 0 spiro atoms. The van der Waals surface area contributed by atoms with E-state index in [1.165, 1.54) is 16.7 Å². The quantitative estimate of drug-likeness (QED) is 0.833. The molecule has 92 valence electrons. The van der Waals surface area contributed by atoms with Crippen molar-refractivity contribution in [3.63, 3.8) is 0 Å². The Kier molecular flexibility index (Phi) is 3.48. The molecule has 0 aromatic heterocycles. The number of carbonyl (C=O) groups is 1. The standard InChI is InChI=1S/C14H20N2O/c1-10-4-5-12(11(2)6-10)7-13-8-15-9-14(17)16(13)3/h4-6,13,15H,7-9H2,1-3H3. The summed E-state index contributed by atoms with van der Waals surface area (Å²) in [4.78, 5) is 13.5. The van der Waals surface area contributed by atoms with Gasteiger partial charge in [0.2, 0.25) is 5.91 Å². The number of aryl methyl sites for hydroxylation is 2. The number of nitrogens with zero attached hydrogens (tertiary/aromatic N) is 1. The number of nitrogens with one attached hydrogen (secondary N) is 1. The van der Waals surface area contributed by atoms with Crippen LogP contribution in [0.5, 0.6) is 0 Å². The van der Waals surface area contributed by atoms with Crippen molar-refractivity contribution in [1.82, 2.24) is 10.2 Å². The zero-order valence-corrected chi connectivity index (χ0v) is 10.8. The zero-order chi connectivity index (χ0) is 12.4. The normalized spacial score (nSPS) is 20.8. The van der Waals surface area contributed by atoms with Gasteiger partial charge in [0.25, 0.3) is 0 Å². The Morgan fingerprint density at radius 2 is 2.18 bits per heavy atom. The van der Waals surface area contributed by atoms with Crippen LogP contribution < -0.4 is 5.32 Å².